The van der Waals surface area contributed by atoms with Crippen LogP contribution in [-0.4, -0.2) is 42.1 Å². The first-order chi connectivity index (χ1) is 12.7. The van der Waals surface area contributed by atoms with E-state index < -0.39 is 0 Å². The second-order valence-corrected chi connectivity index (χ2v) is 8.00. The maximum Gasteiger partial charge on any atom is 0.319 e. The van der Waals surface area contributed by atoms with E-state index in [0.717, 1.165) is 24.2 Å². The van der Waals surface area contributed by atoms with Gasteiger partial charge in [-0.1, -0.05) is 35.9 Å². The lowest BCUT2D eigenvalue weighted by molar-refractivity contribution is 0.251. The maximum atomic E-state index is 12.0. The number of carbonyl (C=O) groups is 1. The minimum absolute atomic E-state index is 0.219. The zero-order chi connectivity index (χ0) is 18.2. The number of amides is 2. The van der Waals surface area contributed by atoms with Gasteiger partial charge in [0.1, 0.15) is 0 Å². The van der Waals surface area contributed by atoms with Gasteiger partial charge in [-0.3, -0.25) is 0 Å². The van der Waals surface area contributed by atoms with Crippen molar-refractivity contribution < 1.29 is 4.79 Å². The van der Waals surface area contributed by atoms with Gasteiger partial charge in [0.25, 0.3) is 0 Å². The maximum absolute atomic E-state index is 12.0. The molecular weight excluding hydrogens is 366 g/mol. The highest BCUT2D eigenvalue weighted by atomic mass is 35.5. The molecule has 0 bridgehead atoms. The molecule has 1 heterocycles. The van der Waals surface area contributed by atoms with Gasteiger partial charge in [0.05, 0.1) is 0 Å². The zero-order valence-corrected chi connectivity index (χ0v) is 16.3. The van der Waals surface area contributed by atoms with Crippen molar-refractivity contribution in [2.24, 2.45) is 0 Å². The molecule has 1 aliphatic rings. The van der Waals surface area contributed by atoms with Crippen molar-refractivity contribution in [2.45, 2.75) is 13.0 Å². The lowest BCUT2D eigenvalue weighted by Crippen LogP contribution is -2.34. The van der Waals surface area contributed by atoms with E-state index in [1.807, 2.05) is 48.2 Å². The third-order valence-electron chi connectivity index (χ3n) is 4.37. The smallest absolute Gasteiger partial charge is 0.319 e. The second kappa shape index (κ2) is 9.86. The molecule has 2 aromatic carbocycles. The molecule has 2 N–H and O–H groups in total. The summed E-state index contributed by atoms with van der Waals surface area (Å²) < 4.78 is 0. The lowest BCUT2D eigenvalue weighted by Gasteiger charge is -2.26. The predicted octanol–water partition coefficient (Wildman–Crippen LogP) is 4.25. The van der Waals surface area contributed by atoms with E-state index in [1.54, 1.807) is 0 Å². The first kappa shape index (κ1) is 19.1. The average molecular weight is 390 g/mol. The van der Waals surface area contributed by atoms with Crippen LogP contribution in [-0.2, 0) is 13.0 Å². The number of nitrogens with zero attached hydrogens (tertiary/aromatic N) is 1. The average Bonchev–Trinajstić information content (AvgIpc) is 2.67. The Morgan fingerprint density at radius 1 is 1.08 bits per heavy atom. The molecule has 2 aromatic rings. The minimum atomic E-state index is -0.219. The zero-order valence-electron chi connectivity index (χ0n) is 14.7. The Morgan fingerprint density at radius 3 is 2.58 bits per heavy atom. The van der Waals surface area contributed by atoms with Gasteiger partial charge in [0.2, 0.25) is 0 Å². The van der Waals surface area contributed by atoms with Crippen LogP contribution in [0.2, 0.25) is 5.02 Å². The van der Waals surface area contributed by atoms with E-state index in [0.29, 0.717) is 11.6 Å². The summed E-state index contributed by atoms with van der Waals surface area (Å²) in [5.41, 5.74) is 3.07. The van der Waals surface area contributed by atoms with Gasteiger partial charge in [-0.05, 0) is 41.8 Å². The van der Waals surface area contributed by atoms with Crippen molar-refractivity contribution in [3.63, 3.8) is 0 Å². The number of anilines is 1. The molecule has 1 saturated heterocycles. The summed E-state index contributed by atoms with van der Waals surface area (Å²) in [7, 11) is 0. The van der Waals surface area contributed by atoms with E-state index in [2.05, 4.69) is 27.7 Å². The normalized spacial score (nSPS) is 14.8. The number of benzene rings is 2. The van der Waals surface area contributed by atoms with Gasteiger partial charge in [0, 0.05) is 48.4 Å². The monoisotopic (exact) mass is 389 g/mol. The number of hydrogen-bond acceptors (Lipinski definition) is 3. The minimum Gasteiger partial charge on any atom is -0.334 e. The Balaban J connectivity index is 1.42. The molecule has 26 heavy (non-hydrogen) atoms. The Labute approximate surface area is 164 Å². The summed E-state index contributed by atoms with van der Waals surface area (Å²) in [5.74, 6) is 2.49. The van der Waals surface area contributed by atoms with Gasteiger partial charge >= 0.3 is 6.03 Å². The molecule has 138 valence electrons. The van der Waals surface area contributed by atoms with Crippen LogP contribution >= 0.6 is 23.4 Å². The van der Waals surface area contributed by atoms with Crippen molar-refractivity contribution >= 4 is 35.1 Å². The predicted molar refractivity (Wildman–Crippen MR) is 111 cm³/mol. The Kier molecular flexibility index (Phi) is 7.23. The quantitative estimate of drug-likeness (QED) is 0.776. The highest BCUT2D eigenvalue weighted by molar-refractivity contribution is 7.99. The number of rotatable bonds is 6. The largest absolute Gasteiger partial charge is 0.334 e. The van der Waals surface area contributed by atoms with E-state index in [-0.39, 0.29) is 6.03 Å². The summed E-state index contributed by atoms with van der Waals surface area (Å²) in [6.45, 7) is 3.93. The molecule has 2 amide bonds. The van der Waals surface area contributed by atoms with Gasteiger partial charge in [-0.2, -0.15) is 11.8 Å². The topological polar surface area (TPSA) is 44.4 Å². The molecule has 0 aliphatic carbocycles. The highest BCUT2D eigenvalue weighted by Crippen LogP contribution is 2.13. The number of urea groups is 1. The molecule has 0 aromatic heterocycles. The standard InChI is InChI=1S/C20H24ClN3OS/c21-18-3-1-2-17(14-18)15-22-20(25)23-19-6-4-16(5-7-19)8-9-24-10-12-26-13-11-24/h1-7,14H,8-13,15H2,(H2,22,23,25). The molecule has 3 rings (SSSR count). The summed E-state index contributed by atoms with van der Waals surface area (Å²) >= 11 is 7.98. The molecule has 4 nitrogen and oxygen atoms in total. The SMILES string of the molecule is O=C(NCc1cccc(Cl)c1)Nc1ccc(CCN2CCSCC2)cc1. The molecule has 1 fully saturated rings. The van der Waals surface area contributed by atoms with Crippen LogP contribution in [0, 0.1) is 0 Å². The number of thioether (sulfide) groups is 1. The lowest BCUT2D eigenvalue weighted by atomic mass is 10.1. The van der Waals surface area contributed by atoms with Crippen LogP contribution in [0.4, 0.5) is 10.5 Å². The number of carbonyl (C=O) groups excluding carboxylic acids is 1. The van der Waals surface area contributed by atoms with Crippen LogP contribution in [0.15, 0.2) is 48.5 Å². The molecule has 0 saturated carbocycles. The van der Waals surface area contributed by atoms with Gasteiger partial charge < -0.3 is 15.5 Å². The summed E-state index contributed by atoms with van der Waals surface area (Å²) in [5, 5.41) is 6.37. The van der Waals surface area contributed by atoms with Crippen molar-refractivity contribution in [1.82, 2.24) is 10.2 Å². The van der Waals surface area contributed by atoms with Gasteiger partial charge in [-0.15, -0.1) is 0 Å². The van der Waals surface area contributed by atoms with Crippen LogP contribution in [0.5, 0.6) is 0 Å². The van der Waals surface area contributed by atoms with E-state index in [1.165, 1.54) is 30.2 Å². The number of nitrogens with one attached hydrogen (secondary N) is 2. The van der Waals surface area contributed by atoms with Gasteiger partial charge in [-0.25, -0.2) is 4.79 Å². The van der Waals surface area contributed by atoms with Crippen molar-refractivity contribution in [2.75, 3.05) is 36.5 Å². The van der Waals surface area contributed by atoms with Crippen molar-refractivity contribution in [3.8, 4) is 0 Å². The Morgan fingerprint density at radius 2 is 1.85 bits per heavy atom. The highest BCUT2D eigenvalue weighted by Gasteiger charge is 2.10. The number of hydrogen-bond donors (Lipinski definition) is 2. The molecule has 0 spiro atoms. The Bertz CT molecular complexity index is 717. The van der Waals surface area contributed by atoms with Crippen LogP contribution in [0.25, 0.3) is 0 Å². The molecule has 6 heteroatoms. The molecular formula is C20H24ClN3OS. The summed E-state index contributed by atoms with van der Waals surface area (Å²) in [6, 6.07) is 15.3. The first-order valence-corrected chi connectivity index (χ1v) is 10.4. The van der Waals surface area contributed by atoms with E-state index in [9.17, 15) is 4.79 Å². The Hall–Kier alpha value is -1.69. The van der Waals surface area contributed by atoms with Crippen LogP contribution in [0.1, 0.15) is 11.1 Å². The van der Waals surface area contributed by atoms with Gasteiger partial charge in [0.15, 0.2) is 0 Å². The first-order valence-electron chi connectivity index (χ1n) is 8.87. The molecule has 1 aliphatic heterocycles. The molecule has 0 radical (unpaired) electrons. The molecule has 0 unspecified atom stereocenters. The van der Waals surface area contributed by atoms with Crippen molar-refractivity contribution in [1.29, 1.82) is 0 Å². The van der Waals surface area contributed by atoms with Crippen molar-refractivity contribution in [3.05, 3.63) is 64.7 Å². The fourth-order valence-corrected chi connectivity index (χ4v) is 4.06. The summed E-state index contributed by atoms with van der Waals surface area (Å²) in [4.78, 5) is 14.5. The fourth-order valence-electron chi connectivity index (χ4n) is 2.87. The summed E-state index contributed by atoms with van der Waals surface area (Å²) in [6.07, 6.45) is 1.05. The fraction of sp³-hybridized carbons (Fsp3) is 0.350. The molecule has 0 atom stereocenters. The van der Waals surface area contributed by atoms with E-state index >= 15 is 0 Å². The van der Waals surface area contributed by atoms with Crippen LogP contribution in [0.3, 0.4) is 0 Å². The number of halogens is 1. The third kappa shape index (κ3) is 6.24. The third-order valence-corrected chi connectivity index (χ3v) is 5.55. The van der Waals surface area contributed by atoms with E-state index in [4.69, 9.17) is 11.6 Å². The van der Waals surface area contributed by atoms with Crippen LogP contribution < -0.4 is 10.6 Å². The second-order valence-electron chi connectivity index (χ2n) is 6.34.